The number of thiazole rings is 1. The van der Waals surface area contributed by atoms with E-state index in [4.69, 9.17) is 15.2 Å². The minimum Gasteiger partial charge on any atom is -0.449 e. The lowest BCUT2D eigenvalue weighted by Gasteiger charge is -2.13. The van der Waals surface area contributed by atoms with Crippen molar-refractivity contribution in [1.29, 1.82) is 0 Å². The Morgan fingerprint density at radius 3 is 2.79 bits per heavy atom. The van der Waals surface area contributed by atoms with Crippen LogP contribution in [-0.2, 0) is 20.8 Å². The third kappa shape index (κ3) is 8.12. The lowest BCUT2D eigenvalue weighted by molar-refractivity contribution is -0.111. The van der Waals surface area contributed by atoms with Crippen molar-refractivity contribution < 1.29 is 19.1 Å². The van der Waals surface area contributed by atoms with E-state index in [1.165, 1.54) is 23.7 Å². The van der Waals surface area contributed by atoms with E-state index in [1.54, 1.807) is 37.2 Å². The Kier molecular flexibility index (Phi) is 10.8. The molecule has 0 aliphatic carbocycles. The second-order valence-electron chi connectivity index (χ2n) is 8.88. The van der Waals surface area contributed by atoms with Gasteiger partial charge in [-0.3, -0.25) is 19.8 Å². The van der Waals surface area contributed by atoms with Crippen LogP contribution in [-0.4, -0.2) is 52.1 Å². The molecule has 11 nitrogen and oxygen atoms in total. The zero-order valence-corrected chi connectivity index (χ0v) is 23.0. The van der Waals surface area contributed by atoms with E-state index in [2.05, 4.69) is 32.6 Å². The predicted molar refractivity (Wildman–Crippen MR) is 149 cm³/mol. The fourth-order valence-corrected chi connectivity index (χ4v) is 4.41. The van der Waals surface area contributed by atoms with Crippen molar-refractivity contribution in [2.24, 2.45) is 11.7 Å². The Hall–Kier alpha value is -3.77. The molecule has 3 aromatic rings. The van der Waals surface area contributed by atoms with Gasteiger partial charge in [-0.15, -0.1) is 11.3 Å². The molecule has 0 radical (unpaired) electrons. The van der Waals surface area contributed by atoms with Gasteiger partial charge in [-0.25, -0.2) is 9.78 Å². The number of hydrogen-bond acceptors (Lipinski definition) is 9. The summed E-state index contributed by atoms with van der Waals surface area (Å²) in [5.41, 5.74) is 8.31. The number of carbonyl (C=O) groups excluding carboxylic acids is 2. The molecule has 2 amide bonds. The Morgan fingerprint density at radius 2 is 2.05 bits per heavy atom. The van der Waals surface area contributed by atoms with E-state index in [0.29, 0.717) is 41.8 Å². The summed E-state index contributed by atoms with van der Waals surface area (Å²) >= 11 is 1.33. The van der Waals surface area contributed by atoms with Crippen molar-refractivity contribution in [3.8, 4) is 10.4 Å². The summed E-state index contributed by atoms with van der Waals surface area (Å²) in [4.78, 5) is 34.8. The maximum atomic E-state index is 13.1. The average molecular weight is 542 g/mol. The van der Waals surface area contributed by atoms with E-state index in [-0.39, 0.29) is 11.5 Å². The standard InChI is InChI=1S/C26H35N7O4S/c1-5-6-7-17(2)16-37-26(35)31-20-10-22(18(3)28-13-20)32-24(34)21(11-27)25-29-14-23(38-25)19-12-30-33(15-19)8-9-36-4/h10-15,17H,5-9,16,27H2,1-4H3,(H,31,35)(H,32,34)/b21-11-. The van der Waals surface area contributed by atoms with Gasteiger partial charge in [-0.05, 0) is 25.3 Å². The van der Waals surface area contributed by atoms with Gasteiger partial charge in [0.2, 0.25) is 0 Å². The number of nitrogens with one attached hydrogen (secondary N) is 2. The number of rotatable bonds is 13. The summed E-state index contributed by atoms with van der Waals surface area (Å²) in [6, 6.07) is 1.62. The Balaban J connectivity index is 1.64. The summed E-state index contributed by atoms with van der Waals surface area (Å²) in [6.07, 6.45) is 10.7. The number of anilines is 2. The summed E-state index contributed by atoms with van der Waals surface area (Å²) in [6.45, 7) is 7.46. The van der Waals surface area contributed by atoms with Crippen LogP contribution in [0.4, 0.5) is 16.2 Å². The van der Waals surface area contributed by atoms with Gasteiger partial charge in [0.25, 0.3) is 5.91 Å². The zero-order valence-electron chi connectivity index (χ0n) is 22.2. The molecule has 0 aliphatic rings. The zero-order chi connectivity index (χ0) is 27.5. The molecule has 0 fully saturated rings. The van der Waals surface area contributed by atoms with Crippen LogP contribution in [0.2, 0.25) is 0 Å². The van der Waals surface area contributed by atoms with E-state index >= 15 is 0 Å². The third-order valence-electron chi connectivity index (χ3n) is 5.72. The minimum atomic E-state index is -0.570. The molecule has 0 saturated heterocycles. The first-order chi connectivity index (χ1) is 18.3. The number of amides is 2. The van der Waals surface area contributed by atoms with E-state index in [1.807, 2.05) is 13.1 Å². The molecule has 0 aliphatic heterocycles. The molecule has 3 heterocycles. The number of aromatic nitrogens is 4. The molecule has 0 spiro atoms. The second-order valence-corrected chi connectivity index (χ2v) is 9.91. The van der Waals surface area contributed by atoms with Gasteiger partial charge in [0.1, 0.15) is 5.01 Å². The number of methoxy groups -OCH3 is 1. The van der Waals surface area contributed by atoms with Gasteiger partial charge < -0.3 is 20.5 Å². The molecule has 204 valence electrons. The van der Waals surface area contributed by atoms with Gasteiger partial charge in [0.05, 0.1) is 59.7 Å². The molecular formula is C26H35N7O4S. The predicted octanol–water partition coefficient (Wildman–Crippen LogP) is 4.67. The molecule has 0 aromatic carbocycles. The lowest BCUT2D eigenvalue weighted by atomic mass is 10.1. The Bertz CT molecular complexity index is 1250. The summed E-state index contributed by atoms with van der Waals surface area (Å²) < 4.78 is 12.2. The monoisotopic (exact) mass is 541 g/mol. The van der Waals surface area contributed by atoms with Crippen molar-refractivity contribution in [1.82, 2.24) is 19.7 Å². The number of unbranched alkanes of at least 4 members (excludes halogenated alkanes) is 1. The highest BCUT2D eigenvalue weighted by Crippen LogP contribution is 2.30. The van der Waals surface area contributed by atoms with Gasteiger partial charge >= 0.3 is 6.09 Å². The highest BCUT2D eigenvalue weighted by atomic mass is 32.1. The van der Waals surface area contributed by atoms with Crippen molar-refractivity contribution in [2.75, 3.05) is 31.0 Å². The van der Waals surface area contributed by atoms with E-state index in [0.717, 1.165) is 29.7 Å². The third-order valence-corrected chi connectivity index (χ3v) is 6.80. The molecule has 3 rings (SSSR count). The van der Waals surface area contributed by atoms with Crippen LogP contribution in [0.25, 0.3) is 16.0 Å². The molecule has 4 N–H and O–H groups in total. The molecule has 1 atom stereocenters. The molecule has 0 saturated carbocycles. The first-order valence-electron chi connectivity index (χ1n) is 12.5. The molecule has 12 heteroatoms. The van der Waals surface area contributed by atoms with Crippen LogP contribution in [0.1, 0.15) is 43.8 Å². The largest absolute Gasteiger partial charge is 0.449 e. The summed E-state index contributed by atoms with van der Waals surface area (Å²) in [7, 11) is 1.64. The Morgan fingerprint density at radius 1 is 1.24 bits per heavy atom. The smallest absolute Gasteiger partial charge is 0.411 e. The fourth-order valence-electron chi connectivity index (χ4n) is 3.50. The second kappa shape index (κ2) is 14.2. The normalized spacial score (nSPS) is 12.3. The van der Waals surface area contributed by atoms with Crippen molar-refractivity contribution >= 4 is 40.3 Å². The Labute approximate surface area is 226 Å². The lowest BCUT2D eigenvalue weighted by Crippen LogP contribution is -2.19. The van der Waals surface area contributed by atoms with Crippen molar-refractivity contribution in [3.05, 3.63) is 47.8 Å². The number of nitrogens with zero attached hydrogens (tertiary/aromatic N) is 4. The molecular weight excluding hydrogens is 506 g/mol. The molecule has 3 aromatic heterocycles. The van der Waals surface area contributed by atoms with Gasteiger partial charge in [0, 0.05) is 31.3 Å². The average Bonchev–Trinajstić information content (AvgIpc) is 3.57. The van der Waals surface area contributed by atoms with Gasteiger partial charge in [0.15, 0.2) is 0 Å². The maximum absolute atomic E-state index is 13.1. The summed E-state index contributed by atoms with van der Waals surface area (Å²) in [5, 5.41) is 10.3. The topological polar surface area (TPSA) is 146 Å². The fraction of sp³-hybridized carbons (Fsp3) is 0.423. The number of pyridine rings is 1. The van der Waals surface area contributed by atoms with Crippen molar-refractivity contribution in [3.63, 3.8) is 0 Å². The number of aryl methyl sites for hydroxylation is 1. The van der Waals surface area contributed by atoms with E-state index in [9.17, 15) is 9.59 Å². The highest BCUT2D eigenvalue weighted by molar-refractivity contribution is 7.16. The number of nitrogens with two attached hydrogens (primary N) is 1. The minimum absolute atomic E-state index is 0.214. The highest BCUT2D eigenvalue weighted by Gasteiger charge is 2.19. The molecule has 0 bridgehead atoms. The van der Waals surface area contributed by atoms with Crippen LogP contribution in [0, 0.1) is 12.8 Å². The van der Waals surface area contributed by atoms with Crippen LogP contribution in [0.3, 0.4) is 0 Å². The quantitative estimate of drug-likeness (QED) is 0.265. The van der Waals surface area contributed by atoms with Gasteiger partial charge in [-0.2, -0.15) is 5.10 Å². The SMILES string of the molecule is CCCCC(C)COC(=O)Nc1cnc(C)c(NC(=O)/C(=C/N)c2ncc(-c3cnn(CCOC)c3)s2)c1. The molecule has 1 unspecified atom stereocenters. The molecule has 38 heavy (non-hydrogen) atoms. The van der Waals surface area contributed by atoms with Crippen LogP contribution >= 0.6 is 11.3 Å². The van der Waals surface area contributed by atoms with Crippen LogP contribution in [0.15, 0.2) is 37.1 Å². The van der Waals surface area contributed by atoms with Crippen LogP contribution in [0.5, 0.6) is 0 Å². The number of carbonyl (C=O) groups is 2. The summed E-state index contributed by atoms with van der Waals surface area (Å²) in [5.74, 6) is -0.162. The van der Waals surface area contributed by atoms with Crippen molar-refractivity contribution in [2.45, 2.75) is 46.6 Å². The first-order valence-corrected chi connectivity index (χ1v) is 13.3. The number of ether oxygens (including phenoxy) is 2. The first kappa shape index (κ1) is 28.8. The van der Waals surface area contributed by atoms with E-state index < -0.39 is 12.0 Å². The van der Waals surface area contributed by atoms with Crippen LogP contribution < -0.4 is 16.4 Å². The number of hydrogen-bond donors (Lipinski definition) is 3. The van der Waals surface area contributed by atoms with Gasteiger partial charge in [-0.1, -0.05) is 26.7 Å². The maximum Gasteiger partial charge on any atom is 0.411 e.